The highest BCUT2D eigenvalue weighted by Crippen LogP contribution is 2.41. The van der Waals surface area contributed by atoms with Gasteiger partial charge < -0.3 is 9.64 Å². The van der Waals surface area contributed by atoms with Gasteiger partial charge in [0.25, 0.3) is 0 Å². The van der Waals surface area contributed by atoms with Gasteiger partial charge in [0.2, 0.25) is 0 Å². The van der Waals surface area contributed by atoms with Crippen LogP contribution in [0, 0.1) is 11.8 Å². The third kappa shape index (κ3) is 2.29. The summed E-state index contributed by atoms with van der Waals surface area (Å²) in [5.74, 6) is 1.23. The smallest absolute Gasteiger partial charge is 0.302 e. The lowest BCUT2D eigenvalue weighted by Crippen LogP contribution is -3.15. The van der Waals surface area contributed by atoms with Gasteiger partial charge in [0, 0.05) is 32.1 Å². The first-order chi connectivity index (χ1) is 8.75. The van der Waals surface area contributed by atoms with E-state index in [4.69, 9.17) is 4.74 Å². The Kier molecular flexibility index (Phi) is 3.60. The molecular formula is C15H26NO2+. The van der Waals surface area contributed by atoms with Crippen LogP contribution in [0.1, 0.15) is 51.9 Å². The van der Waals surface area contributed by atoms with Crippen molar-refractivity contribution in [3.63, 3.8) is 0 Å². The molecule has 3 aliphatic rings. The van der Waals surface area contributed by atoms with Crippen molar-refractivity contribution in [3.8, 4) is 0 Å². The standard InChI is InChI=1S/C15H25NO2/c1-11(17)18-15-12-5-4-6-13(15)14(8-7-12)16-9-2-3-10-16/h12-15H,2-10H2,1H3/p+1/t12-,13+,14-,15-/m0/s1. The number of ether oxygens (including phenoxy) is 1. The van der Waals surface area contributed by atoms with Crippen LogP contribution in [-0.2, 0) is 9.53 Å². The van der Waals surface area contributed by atoms with Gasteiger partial charge in [-0.1, -0.05) is 6.42 Å². The number of carbonyl (C=O) groups is 1. The van der Waals surface area contributed by atoms with Crippen molar-refractivity contribution in [2.24, 2.45) is 11.8 Å². The molecule has 1 aliphatic heterocycles. The lowest BCUT2D eigenvalue weighted by atomic mass is 9.67. The number of likely N-dealkylation sites (tertiary alicyclic amines) is 1. The van der Waals surface area contributed by atoms with Crippen LogP contribution in [0.15, 0.2) is 0 Å². The van der Waals surface area contributed by atoms with Gasteiger partial charge in [0.15, 0.2) is 0 Å². The van der Waals surface area contributed by atoms with Gasteiger partial charge in [-0.15, -0.1) is 0 Å². The summed E-state index contributed by atoms with van der Waals surface area (Å²) in [5.41, 5.74) is 0. The van der Waals surface area contributed by atoms with E-state index in [2.05, 4.69) is 0 Å². The van der Waals surface area contributed by atoms with Crippen molar-refractivity contribution in [3.05, 3.63) is 0 Å². The van der Waals surface area contributed by atoms with Gasteiger partial charge in [0.05, 0.1) is 19.1 Å². The van der Waals surface area contributed by atoms with Gasteiger partial charge in [0.1, 0.15) is 6.10 Å². The third-order valence-electron chi connectivity index (χ3n) is 5.44. The molecule has 0 aromatic carbocycles. The Balaban J connectivity index is 1.74. The molecule has 3 rings (SSSR count). The summed E-state index contributed by atoms with van der Waals surface area (Å²) in [6, 6.07) is 0.772. The summed E-state index contributed by atoms with van der Waals surface area (Å²) in [7, 11) is 0. The van der Waals surface area contributed by atoms with Crippen molar-refractivity contribution >= 4 is 5.97 Å². The van der Waals surface area contributed by atoms with Crippen molar-refractivity contribution in [2.75, 3.05) is 13.1 Å². The second kappa shape index (κ2) is 5.20. The minimum Gasteiger partial charge on any atom is -0.462 e. The maximum Gasteiger partial charge on any atom is 0.302 e. The van der Waals surface area contributed by atoms with Gasteiger partial charge in [-0.05, 0) is 25.2 Å². The molecule has 2 bridgehead atoms. The third-order valence-corrected chi connectivity index (χ3v) is 5.44. The van der Waals surface area contributed by atoms with Crippen LogP contribution in [0.2, 0.25) is 0 Å². The van der Waals surface area contributed by atoms with Gasteiger partial charge in [-0.2, -0.15) is 0 Å². The summed E-state index contributed by atoms with van der Waals surface area (Å²) in [5, 5.41) is 0. The van der Waals surface area contributed by atoms with Crippen LogP contribution in [0.5, 0.6) is 0 Å². The predicted octanol–water partition coefficient (Wildman–Crippen LogP) is 1.18. The van der Waals surface area contributed by atoms with Gasteiger partial charge >= 0.3 is 5.97 Å². The van der Waals surface area contributed by atoms with Crippen LogP contribution in [0.4, 0.5) is 0 Å². The molecule has 0 spiro atoms. The zero-order valence-corrected chi connectivity index (χ0v) is 11.5. The minimum absolute atomic E-state index is 0.0750. The van der Waals surface area contributed by atoms with Crippen molar-refractivity contribution in [1.29, 1.82) is 0 Å². The fraction of sp³-hybridized carbons (Fsp3) is 0.933. The number of hydrogen-bond donors (Lipinski definition) is 1. The first-order valence-electron chi connectivity index (χ1n) is 7.77. The molecule has 18 heavy (non-hydrogen) atoms. The molecule has 0 amide bonds. The van der Waals surface area contributed by atoms with Crippen molar-refractivity contribution < 1.29 is 14.4 Å². The molecule has 3 fully saturated rings. The average molecular weight is 252 g/mol. The summed E-state index contributed by atoms with van der Waals surface area (Å²) in [4.78, 5) is 13.1. The molecular weight excluding hydrogens is 226 g/mol. The van der Waals surface area contributed by atoms with Crippen LogP contribution in [-0.4, -0.2) is 31.2 Å². The normalized spacial score (nSPS) is 40.7. The van der Waals surface area contributed by atoms with Gasteiger partial charge in [-0.25, -0.2) is 0 Å². The van der Waals surface area contributed by atoms with E-state index in [1.54, 1.807) is 11.8 Å². The molecule has 0 aromatic heterocycles. The molecule has 1 saturated heterocycles. The van der Waals surface area contributed by atoms with E-state index in [1.807, 2.05) is 0 Å². The average Bonchev–Trinajstić information content (AvgIpc) is 2.81. The highest BCUT2D eigenvalue weighted by atomic mass is 16.5. The number of rotatable bonds is 2. The van der Waals surface area contributed by atoms with Crippen LogP contribution >= 0.6 is 0 Å². The van der Waals surface area contributed by atoms with Crippen molar-refractivity contribution in [2.45, 2.75) is 64.0 Å². The molecule has 3 heteroatoms. The van der Waals surface area contributed by atoms with Crippen LogP contribution in [0.3, 0.4) is 0 Å². The molecule has 0 aromatic rings. The number of nitrogens with one attached hydrogen (secondary N) is 1. The molecule has 2 aliphatic carbocycles. The lowest BCUT2D eigenvalue weighted by Gasteiger charge is -2.46. The SMILES string of the molecule is CC(=O)O[C@H]1[C@H]2CCC[C@@H]1[C@@H]([NH+]1CCCC1)CC2. The van der Waals surface area contributed by atoms with E-state index < -0.39 is 0 Å². The fourth-order valence-electron chi connectivity index (χ4n) is 4.72. The minimum atomic E-state index is -0.0750. The number of fused-ring (bicyclic) bond motifs is 2. The molecule has 2 saturated carbocycles. The Bertz CT molecular complexity index is 312. The first kappa shape index (κ1) is 12.5. The van der Waals surface area contributed by atoms with Crippen molar-refractivity contribution in [1.82, 2.24) is 0 Å². The Labute approximate surface area is 110 Å². The topological polar surface area (TPSA) is 30.7 Å². The summed E-state index contributed by atoms with van der Waals surface area (Å²) >= 11 is 0. The van der Waals surface area contributed by atoms with Crippen LogP contribution in [0.25, 0.3) is 0 Å². The monoisotopic (exact) mass is 252 g/mol. The zero-order chi connectivity index (χ0) is 12.5. The van der Waals surface area contributed by atoms with E-state index in [-0.39, 0.29) is 12.1 Å². The number of esters is 1. The number of quaternary nitrogens is 1. The molecule has 4 atom stereocenters. The zero-order valence-electron chi connectivity index (χ0n) is 11.5. The Morgan fingerprint density at radius 2 is 1.83 bits per heavy atom. The summed E-state index contributed by atoms with van der Waals surface area (Å²) in [6.07, 6.45) is 9.56. The molecule has 102 valence electrons. The molecule has 0 radical (unpaired) electrons. The first-order valence-corrected chi connectivity index (χ1v) is 7.77. The van der Waals surface area contributed by atoms with E-state index in [0.29, 0.717) is 11.8 Å². The molecule has 1 heterocycles. The molecule has 1 N–H and O–H groups in total. The van der Waals surface area contributed by atoms with E-state index in [0.717, 1.165) is 6.04 Å². The molecule has 3 nitrogen and oxygen atoms in total. The Morgan fingerprint density at radius 1 is 1.06 bits per heavy atom. The lowest BCUT2D eigenvalue weighted by molar-refractivity contribution is -0.919. The summed E-state index contributed by atoms with van der Waals surface area (Å²) < 4.78 is 5.70. The molecule has 0 unspecified atom stereocenters. The second-order valence-corrected chi connectivity index (χ2v) is 6.48. The maximum atomic E-state index is 11.3. The predicted molar refractivity (Wildman–Crippen MR) is 69.3 cm³/mol. The maximum absolute atomic E-state index is 11.3. The fourth-order valence-corrected chi connectivity index (χ4v) is 4.72. The van der Waals surface area contributed by atoms with Crippen LogP contribution < -0.4 is 4.90 Å². The quantitative estimate of drug-likeness (QED) is 0.748. The highest BCUT2D eigenvalue weighted by Gasteiger charge is 2.48. The Morgan fingerprint density at radius 3 is 2.56 bits per heavy atom. The largest absolute Gasteiger partial charge is 0.462 e. The van der Waals surface area contributed by atoms with E-state index >= 15 is 0 Å². The van der Waals surface area contributed by atoms with Gasteiger partial charge in [-0.3, -0.25) is 4.79 Å². The van der Waals surface area contributed by atoms with E-state index in [1.165, 1.54) is 58.0 Å². The number of carbonyl (C=O) groups excluding carboxylic acids is 1. The number of hydrogen-bond acceptors (Lipinski definition) is 2. The second-order valence-electron chi connectivity index (χ2n) is 6.48. The Hall–Kier alpha value is -0.570. The summed E-state index contributed by atoms with van der Waals surface area (Å²) in [6.45, 7) is 4.26. The highest BCUT2D eigenvalue weighted by molar-refractivity contribution is 5.66. The van der Waals surface area contributed by atoms with E-state index in [9.17, 15) is 4.79 Å².